The zero-order valence-electron chi connectivity index (χ0n) is 5.58. The van der Waals surface area contributed by atoms with Gasteiger partial charge >= 0.3 is 0 Å². The molecule has 2 N–H and O–H groups in total. The number of hydrogen-bond donors (Lipinski definition) is 1. The number of carbonyl (C=O) groups excluding carboxylic acids is 1. The van der Waals surface area contributed by atoms with E-state index in [0.29, 0.717) is 19.8 Å². The van der Waals surface area contributed by atoms with E-state index in [2.05, 4.69) is 0 Å². The molecular weight excluding hydrogens is 134 g/mol. The van der Waals surface area contributed by atoms with Gasteiger partial charge in [-0.2, -0.15) is 0 Å². The molecular formula is C6H10NO3. The van der Waals surface area contributed by atoms with Crippen LogP contribution in [0.2, 0.25) is 0 Å². The van der Waals surface area contributed by atoms with Crippen LogP contribution >= 0.6 is 0 Å². The largest absolute Gasteiger partial charge is 0.376 e. The van der Waals surface area contributed by atoms with E-state index in [1.807, 2.05) is 0 Å². The molecule has 57 valence electrons. The number of nitrogens with two attached hydrogens (primary N) is 1. The van der Waals surface area contributed by atoms with Crippen LogP contribution in [0.15, 0.2) is 0 Å². The fourth-order valence-corrected chi connectivity index (χ4v) is 0.789. The number of rotatable bonds is 2. The normalized spacial score (nSPS) is 29.5. The molecule has 0 aromatic carbocycles. The van der Waals surface area contributed by atoms with Crippen LogP contribution < -0.4 is 5.73 Å². The van der Waals surface area contributed by atoms with Gasteiger partial charge < -0.3 is 15.2 Å². The van der Waals surface area contributed by atoms with Crippen molar-refractivity contribution in [2.75, 3.05) is 19.8 Å². The van der Waals surface area contributed by atoms with Gasteiger partial charge in [-0.05, 0) is 0 Å². The van der Waals surface area contributed by atoms with Crippen LogP contribution in [0.4, 0.5) is 0 Å². The third-order valence-electron chi connectivity index (χ3n) is 1.38. The Bertz CT molecular complexity index is 112. The second-order valence-corrected chi connectivity index (χ2v) is 2.13. The molecule has 0 saturated carbocycles. The Balaban J connectivity index is 2.30. The van der Waals surface area contributed by atoms with Gasteiger partial charge in [0.2, 0.25) is 6.29 Å². The van der Waals surface area contributed by atoms with Gasteiger partial charge in [-0.25, -0.2) is 0 Å². The summed E-state index contributed by atoms with van der Waals surface area (Å²) in [5.74, 6) is 0. The Kier molecular flexibility index (Phi) is 2.80. The highest BCUT2D eigenvalue weighted by Crippen LogP contribution is 2.01. The zero-order chi connectivity index (χ0) is 7.40. The van der Waals surface area contributed by atoms with Crippen molar-refractivity contribution in [1.82, 2.24) is 0 Å². The highest BCUT2D eigenvalue weighted by molar-refractivity contribution is 5.59. The summed E-state index contributed by atoms with van der Waals surface area (Å²) in [6, 6.07) is -0.666. The molecule has 0 aliphatic carbocycles. The van der Waals surface area contributed by atoms with E-state index >= 15 is 0 Å². The van der Waals surface area contributed by atoms with E-state index in [1.54, 1.807) is 6.29 Å². The fourth-order valence-electron chi connectivity index (χ4n) is 0.789. The van der Waals surface area contributed by atoms with Crippen molar-refractivity contribution >= 4 is 6.29 Å². The zero-order valence-corrected chi connectivity index (χ0v) is 5.58. The first-order valence-electron chi connectivity index (χ1n) is 3.17. The third kappa shape index (κ3) is 1.76. The lowest BCUT2D eigenvalue weighted by atomic mass is 10.2. The highest BCUT2D eigenvalue weighted by atomic mass is 16.6. The van der Waals surface area contributed by atoms with E-state index in [0.717, 1.165) is 0 Å². The lowest BCUT2D eigenvalue weighted by Gasteiger charge is -2.24. The molecule has 1 fully saturated rings. The van der Waals surface area contributed by atoms with Crippen LogP contribution in [0.1, 0.15) is 0 Å². The summed E-state index contributed by atoms with van der Waals surface area (Å²) in [5.41, 5.74) is 5.32. The minimum absolute atomic E-state index is 0.300. The molecule has 2 atom stereocenters. The molecule has 1 aliphatic rings. The fraction of sp³-hybridized carbons (Fsp3) is 0.833. The lowest BCUT2D eigenvalue weighted by Crippen LogP contribution is -2.44. The first kappa shape index (κ1) is 7.65. The van der Waals surface area contributed by atoms with Crippen molar-refractivity contribution in [1.29, 1.82) is 0 Å². The summed E-state index contributed by atoms with van der Waals surface area (Å²) < 4.78 is 10.1. The monoisotopic (exact) mass is 144 g/mol. The maximum absolute atomic E-state index is 10.0. The van der Waals surface area contributed by atoms with Gasteiger partial charge in [0.25, 0.3) is 0 Å². The summed E-state index contributed by atoms with van der Waals surface area (Å²) in [6.07, 6.45) is 1.36. The summed E-state index contributed by atoms with van der Waals surface area (Å²) in [7, 11) is 0. The van der Waals surface area contributed by atoms with Crippen LogP contribution in [0, 0.1) is 0 Å². The quantitative estimate of drug-likeness (QED) is 0.531. The van der Waals surface area contributed by atoms with E-state index in [1.165, 1.54) is 0 Å². The molecule has 1 radical (unpaired) electrons. The Hall–Kier alpha value is -0.450. The predicted octanol–water partition coefficient (Wildman–Crippen LogP) is -1.16. The van der Waals surface area contributed by atoms with Gasteiger partial charge in [0, 0.05) is 0 Å². The second-order valence-electron chi connectivity index (χ2n) is 2.13. The minimum atomic E-state index is -0.666. The molecule has 1 rings (SSSR count). The molecule has 2 unspecified atom stereocenters. The van der Waals surface area contributed by atoms with Crippen molar-refractivity contribution in [2.45, 2.75) is 12.1 Å². The topological polar surface area (TPSA) is 61.6 Å². The van der Waals surface area contributed by atoms with Crippen molar-refractivity contribution in [3.63, 3.8) is 0 Å². The first-order valence-corrected chi connectivity index (χ1v) is 3.17. The van der Waals surface area contributed by atoms with Gasteiger partial charge in [-0.15, -0.1) is 0 Å². The number of ether oxygens (including phenoxy) is 2. The van der Waals surface area contributed by atoms with Gasteiger partial charge in [0.05, 0.1) is 19.8 Å². The predicted molar refractivity (Wildman–Crippen MR) is 34.2 cm³/mol. The van der Waals surface area contributed by atoms with Crippen LogP contribution in [0.25, 0.3) is 0 Å². The van der Waals surface area contributed by atoms with E-state index < -0.39 is 6.04 Å². The van der Waals surface area contributed by atoms with Crippen LogP contribution in [-0.4, -0.2) is 38.3 Å². The van der Waals surface area contributed by atoms with Gasteiger partial charge in [-0.1, -0.05) is 0 Å². The SMILES string of the molecule is NC([C]=O)C1COCCO1. The average Bonchev–Trinajstić information content (AvgIpc) is 2.05. The van der Waals surface area contributed by atoms with Crippen LogP contribution in [0.3, 0.4) is 0 Å². The van der Waals surface area contributed by atoms with Crippen molar-refractivity contribution < 1.29 is 14.3 Å². The van der Waals surface area contributed by atoms with Gasteiger partial charge in [0.15, 0.2) is 0 Å². The molecule has 4 nitrogen and oxygen atoms in total. The summed E-state index contributed by atoms with van der Waals surface area (Å²) >= 11 is 0. The molecule has 1 heterocycles. The van der Waals surface area contributed by atoms with E-state index in [9.17, 15) is 4.79 Å². The molecule has 0 spiro atoms. The van der Waals surface area contributed by atoms with Crippen LogP contribution in [0.5, 0.6) is 0 Å². The maximum Gasteiger partial charge on any atom is 0.219 e. The maximum atomic E-state index is 10.0. The molecule has 0 bridgehead atoms. The Morgan fingerprint density at radius 3 is 2.90 bits per heavy atom. The molecule has 10 heavy (non-hydrogen) atoms. The molecule has 0 amide bonds. The molecule has 1 saturated heterocycles. The molecule has 4 heteroatoms. The summed E-state index contributed by atoms with van der Waals surface area (Å²) in [5, 5.41) is 0. The molecule has 1 aliphatic heterocycles. The third-order valence-corrected chi connectivity index (χ3v) is 1.38. The van der Waals surface area contributed by atoms with Gasteiger partial charge in [0.1, 0.15) is 12.1 Å². The summed E-state index contributed by atoms with van der Waals surface area (Å²) in [4.78, 5) is 10.0. The van der Waals surface area contributed by atoms with Crippen LogP contribution in [-0.2, 0) is 14.3 Å². The van der Waals surface area contributed by atoms with Gasteiger partial charge in [-0.3, -0.25) is 4.79 Å². The van der Waals surface area contributed by atoms with E-state index in [4.69, 9.17) is 15.2 Å². The first-order chi connectivity index (χ1) is 4.84. The molecule has 0 aromatic heterocycles. The van der Waals surface area contributed by atoms with Crippen molar-refractivity contribution in [3.8, 4) is 0 Å². The standard InChI is InChI=1S/C6H10NO3/c7-5(3-8)6-4-9-1-2-10-6/h5-6H,1-2,4,7H2. The Morgan fingerprint density at radius 2 is 2.40 bits per heavy atom. The van der Waals surface area contributed by atoms with Crippen molar-refractivity contribution in [3.05, 3.63) is 0 Å². The summed E-state index contributed by atoms with van der Waals surface area (Å²) in [6.45, 7) is 1.50. The van der Waals surface area contributed by atoms with E-state index in [-0.39, 0.29) is 6.10 Å². The highest BCUT2D eigenvalue weighted by Gasteiger charge is 2.21. The molecule has 0 aromatic rings. The lowest BCUT2D eigenvalue weighted by molar-refractivity contribution is -0.0897. The smallest absolute Gasteiger partial charge is 0.219 e. The van der Waals surface area contributed by atoms with Crippen molar-refractivity contribution in [2.24, 2.45) is 5.73 Å². The Morgan fingerprint density at radius 1 is 1.60 bits per heavy atom. The minimum Gasteiger partial charge on any atom is -0.376 e. The number of hydrogen-bond acceptors (Lipinski definition) is 4. The second kappa shape index (κ2) is 3.65. The Labute approximate surface area is 59.3 Å². The average molecular weight is 144 g/mol.